The van der Waals surface area contributed by atoms with E-state index >= 15 is 0 Å². The summed E-state index contributed by atoms with van der Waals surface area (Å²) in [7, 11) is -3.85. The molecule has 8 heteroatoms. The molecule has 0 spiro atoms. The summed E-state index contributed by atoms with van der Waals surface area (Å²) in [6.07, 6.45) is 0. The van der Waals surface area contributed by atoms with Gasteiger partial charge in [-0.25, -0.2) is 5.14 Å². The number of anilines is 2. The normalized spacial score (nSPS) is 13.7. The number of nitrogens with one attached hydrogen (secondary N) is 2. The molecular formula is C12H20N4O3S. The second kappa shape index (κ2) is 5.78. The van der Waals surface area contributed by atoms with Gasteiger partial charge < -0.3 is 11.1 Å². The van der Waals surface area contributed by atoms with Gasteiger partial charge in [0, 0.05) is 5.69 Å². The highest BCUT2D eigenvalue weighted by molar-refractivity contribution is 7.90. The van der Waals surface area contributed by atoms with E-state index in [4.69, 9.17) is 10.9 Å². The first-order valence-corrected chi connectivity index (χ1v) is 7.51. The van der Waals surface area contributed by atoms with Crippen LogP contribution in [0.5, 0.6) is 0 Å². The van der Waals surface area contributed by atoms with Crippen molar-refractivity contribution in [2.45, 2.75) is 26.8 Å². The molecular weight excluding hydrogens is 280 g/mol. The van der Waals surface area contributed by atoms with E-state index in [1.165, 1.54) is 12.1 Å². The molecule has 1 aromatic carbocycles. The van der Waals surface area contributed by atoms with E-state index in [2.05, 4.69) is 10.0 Å². The topological polar surface area (TPSA) is 127 Å². The number of nitrogens with two attached hydrogens (primary N) is 2. The summed E-state index contributed by atoms with van der Waals surface area (Å²) in [5, 5.41) is 7.51. The third-order valence-corrected chi connectivity index (χ3v) is 3.13. The molecule has 1 amide bonds. The van der Waals surface area contributed by atoms with Gasteiger partial charge in [0.25, 0.3) is 10.2 Å². The van der Waals surface area contributed by atoms with Crippen LogP contribution in [0.15, 0.2) is 24.3 Å². The minimum Gasteiger partial charge on any atom is -0.325 e. The van der Waals surface area contributed by atoms with Crippen LogP contribution in [0.4, 0.5) is 11.4 Å². The van der Waals surface area contributed by atoms with Gasteiger partial charge in [-0.15, -0.1) is 0 Å². The Morgan fingerprint density at radius 3 is 2.30 bits per heavy atom. The van der Waals surface area contributed by atoms with E-state index in [0.29, 0.717) is 5.69 Å². The number of amides is 1. The van der Waals surface area contributed by atoms with Gasteiger partial charge in [-0.2, -0.15) is 8.42 Å². The SMILES string of the molecule is CC(C)(C)[C@H](N)C(=O)Nc1cccc(NS(N)(=O)=O)c1. The van der Waals surface area contributed by atoms with E-state index < -0.39 is 16.3 Å². The van der Waals surface area contributed by atoms with Crippen molar-refractivity contribution in [3.63, 3.8) is 0 Å². The van der Waals surface area contributed by atoms with Crippen molar-refractivity contribution >= 4 is 27.5 Å². The fraction of sp³-hybridized carbons (Fsp3) is 0.417. The smallest absolute Gasteiger partial charge is 0.296 e. The summed E-state index contributed by atoms with van der Waals surface area (Å²) in [5.74, 6) is -0.342. The van der Waals surface area contributed by atoms with Crippen LogP contribution < -0.4 is 20.9 Å². The molecule has 20 heavy (non-hydrogen) atoms. The van der Waals surface area contributed by atoms with Gasteiger partial charge in [0.05, 0.1) is 11.7 Å². The molecule has 0 unspecified atom stereocenters. The van der Waals surface area contributed by atoms with Gasteiger partial charge in [0.15, 0.2) is 0 Å². The van der Waals surface area contributed by atoms with Crippen molar-refractivity contribution in [3.8, 4) is 0 Å². The van der Waals surface area contributed by atoms with E-state index in [1.54, 1.807) is 12.1 Å². The van der Waals surface area contributed by atoms with Crippen LogP contribution in [-0.4, -0.2) is 20.4 Å². The first kappa shape index (κ1) is 16.4. The van der Waals surface area contributed by atoms with Crippen LogP contribution in [0.3, 0.4) is 0 Å². The van der Waals surface area contributed by atoms with Crippen LogP contribution >= 0.6 is 0 Å². The Hall–Kier alpha value is -1.64. The molecule has 1 atom stereocenters. The van der Waals surface area contributed by atoms with Gasteiger partial charge in [-0.05, 0) is 23.6 Å². The van der Waals surface area contributed by atoms with Crippen molar-refractivity contribution < 1.29 is 13.2 Å². The number of carbonyl (C=O) groups excluding carboxylic acids is 1. The average Bonchev–Trinajstić information content (AvgIpc) is 2.24. The predicted molar refractivity (Wildman–Crippen MR) is 79.2 cm³/mol. The molecule has 0 fully saturated rings. The molecule has 112 valence electrons. The van der Waals surface area contributed by atoms with Gasteiger partial charge in [-0.1, -0.05) is 26.8 Å². The highest BCUT2D eigenvalue weighted by atomic mass is 32.2. The van der Waals surface area contributed by atoms with Crippen LogP contribution in [0.25, 0.3) is 0 Å². The third-order valence-electron chi connectivity index (χ3n) is 2.61. The summed E-state index contributed by atoms with van der Waals surface area (Å²) in [5.41, 5.74) is 6.16. The van der Waals surface area contributed by atoms with Crippen LogP contribution in [0, 0.1) is 5.41 Å². The van der Waals surface area contributed by atoms with Crippen LogP contribution in [0.1, 0.15) is 20.8 Å². The standard InChI is InChI=1S/C12H20N4O3S/c1-12(2,3)10(13)11(17)15-8-5-4-6-9(7-8)16-20(14,18)19/h4-7,10,16H,13H2,1-3H3,(H,15,17)(H2,14,18,19)/t10-/m1/s1. The molecule has 7 nitrogen and oxygen atoms in total. The van der Waals surface area contributed by atoms with Gasteiger partial charge in [0.2, 0.25) is 5.91 Å². The number of rotatable bonds is 4. The summed E-state index contributed by atoms with van der Waals surface area (Å²) < 4.78 is 24.0. The van der Waals surface area contributed by atoms with Crippen LogP contribution in [-0.2, 0) is 15.0 Å². The molecule has 0 aliphatic carbocycles. The second-order valence-electron chi connectivity index (χ2n) is 5.56. The van der Waals surface area contributed by atoms with Crippen LogP contribution in [0.2, 0.25) is 0 Å². The van der Waals surface area contributed by atoms with E-state index in [0.717, 1.165) is 0 Å². The summed E-state index contributed by atoms with van der Waals surface area (Å²) in [4.78, 5) is 12.0. The van der Waals surface area contributed by atoms with Crippen molar-refractivity contribution in [2.75, 3.05) is 10.0 Å². The summed E-state index contributed by atoms with van der Waals surface area (Å²) in [6, 6.07) is 5.51. The molecule has 6 N–H and O–H groups in total. The zero-order valence-corrected chi connectivity index (χ0v) is 12.5. The maximum absolute atomic E-state index is 12.0. The van der Waals surface area contributed by atoms with E-state index in [9.17, 15) is 13.2 Å². The van der Waals surface area contributed by atoms with E-state index in [1.807, 2.05) is 20.8 Å². The molecule has 0 aliphatic rings. The molecule has 1 rings (SSSR count). The molecule has 1 aromatic rings. The van der Waals surface area contributed by atoms with E-state index in [-0.39, 0.29) is 17.0 Å². The summed E-state index contributed by atoms with van der Waals surface area (Å²) >= 11 is 0. The van der Waals surface area contributed by atoms with Crippen molar-refractivity contribution in [1.82, 2.24) is 0 Å². The first-order chi connectivity index (χ1) is 8.99. The second-order valence-corrected chi connectivity index (χ2v) is 6.85. The Morgan fingerprint density at radius 2 is 1.80 bits per heavy atom. The Morgan fingerprint density at radius 1 is 1.25 bits per heavy atom. The lowest BCUT2D eigenvalue weighted by atomic mass is 9.87. The molecule has 0 saturated heterocycles. The lowest BCUT2D eigenvalue weighted by Crippen LogP contribution is -2.45. The predicted octanol–water partition coefficient (Wildman–Crippen LogP) is 0.614. The third kappa shape index (κ3) is 5.16. The molecule has 0 aromatic heterocycles. The monoisotopic (exact) mass is 300 g/mol. The maximum Gasteiger partial charge on any atom is 0.296 e. The largest absolute Gasteiger partial charge is 0.325 e. The van der Waals surface area contributed by atoms with Crippen molar-refractivity contribution in [2.24, 2.45) is 16.3 Å². The number of benzene rings is 1. The fourth-order valence-corrected chi connectivity index (χ4v) is 1.89. The number of carbonyl (C=O) groups is 1. The van der Waals surface area contributed by atoms with Crippen molar-refractivity contribution in [3.05, 3.63) is 24.3 Å². The zero-order chi connectivity index (χ0) is 15.6. The molecule has 0 radical (unpaired) electrons. The highest BCUT2D eigenvalue weighted by Crippen LogP contribution is 2.20. The molecule has 0 saturated carbocycles. The van der Waals surface area contributed by atoms with Crippen molar-refractivity contribution in [1.29, 1.82) is 0 Å². The Bertz CT molecular complexity index is 593. The minimum atomic E-state index is -3.85. The number of hydrogen-bond acceptors (Lipinski definition) is 4. The number of hydrogen-bond donors (Lipinski definition) is 4. The minimum absolute atomic E-state index is 0.259. The quantitative estimate of drug-likeness (QED) is 0.649. The molecule has 0 aliphatic heterocycles. The Kier molecular flexibility index (Phi) is 4.74. The Balaban J connectivity index is 2.84. The average molecular weight is 300 g/mol. The molecule has 0 bridgehead atoms. The summed E-state index contributed by atoms with van der Waals surface area (Å²) in [6.45, 7) is 5.57. The zero-order valence-electron chi connectivity index (χ0n) is 11.7. The lowest BCUT2D eigenvalue weighted by Gasteiger charge is -2.25. The van der Waals surface area contributed by atoms with Gasteiger partial charge in [-0.3, -0.25) is 9.52 Å². The fourth-order valence-electron chi connectivity index (χ4n) is 1.44. The highest BCUT2D eigenvalue weighted by Gasteiger charge is 2.27. The maximum atomic E-state index is 12.0. The molecule has 0 heterocycles. The van der Waals surface area contributed by atoms with Gasteiger partial charge >= 0.3 is 0 Å². The van der Waals surface area contributed by atoms with Gasteiger partial charge in [0.1, 0.15) is 0 Å². The lowest BCUT2D eigenvalue weighted by molar-refractivity contribution is -0.119. The first-order valence-electron chi connectivity index (χ1n) is 5.96. The Labute approximate surface area is 118 Å².